The zero-order valence-corrected chi connectivity index (χ0v) is 14.0. The van der Waals surface area contributed by atoms with Crippen molar-refractivity contribution >= 4 is 45.1 Å². The van der Waals surface area contributed by atoms with E-state index in [4.69, 9.17) is 5.73 Å². The van der Waals surface area contributed by atoms with Gasteiger partial charge in [0, 0.05) is 17.1 Å². The second-order valence-electron chi connectivity index (χ2n) is 4.89. The molecule has 0 amide bonds. The highest BCUT2D eigenvalue weighted by Crippen LogP contribution is 2.36. The third kappa shape index (κ3) is 2.75. The first-order valence-corrected chi connectivity index (χ1v) is 8.72. The molecule has 0 atom stereocenters. The van der Waals surface area contributed by atoms with E-state index in [1.807, 2.05) is 31.2 Å². The molecule has 1 aromatic heterocycles. The van der Waals surface area contributed by atoms with Crippen molar-refractivity contribution in [3.05, 3.63) is 40.8 Å². The highest BCUT2D eigenvalue weighted by Gasteiger charge is 2.30. The molecule has 2 N–H and O–H groups in total. The first-order chi connectivity index (χ1) is 9.50. The second kappa shape index (κ2) is 5.87. The fourth-order valence-electron chi connectivity index (χ4n) is 2.53. The predicted molar refractivity (Wildman–Crippen MR) is 90.0 cm³/mol. The summed E-state index contributed by atoms with van der Waals surface area (Å²) >= 11 is 1.31. The number of benzene rings is 1. The number of hydrogen-bond acceptors (Lipinski definition) is 4. The van der Waals surface area contributed by atoms with Crippen LogP contribution in [-0.4, -0.2) is 15.0 Å². The Morgan fingerprint density at radius 2 is 2.00 bits per heavy atom. The molecule has 0 fully saturated rings. The SMILES string of the molecule is Cc1ccc(S(=O)(=O)N2CCCc3c(N)cccc32)s1.Cl. The van der Waals surface area contributed by atoms with Gasteiger partial charge in [0.1, 0.15) is 4.21 Å². The van der Waals surface area contributed by atoms with Crippen LogP contribution in [-0.2, 0) is 16.4 Å². The quantitative estimate of drug-likeness (QED) is 0.851. The molecule has 7 heteroatoms. The van der Waals surface area contributed by atoms with E-state index in [0.717, 1.165) is 29.0 Å². The van der Waals surface area contributed by atoms with Crippen LogP contribution in [0.2, 0.25) is 0 Å². The van der Waals surface area contributed by atoms with Crippen molar-refractivity contribution in [3.63, 3.8) is 0 Å². The van der Waals surface area contributed by atoms with Crippen LogP contribution in [0.5, 0.6) is 0 Å². The van der Waals surface area contributed by atoms with Gasteiger partial charge in [-0.3, -0.25) is 4.31 Å². The molecule has 0 unspecified atom stereocenters. The van der Waals surface area contributed by atoms with E-state index < -0.39 is 10.0 Å². The predicted octanol–water partition coefficient (Wildman–Crippen LogP) is 3.20. The van der Waals surface area contributed by atoms with Gasteiger partial charge in [-0.05, 0) is 49.6 Å². The number of anilines is 2. The number of hydrogen-bond donors (Lipinski definition) is 1. The molecular formula is C14H17ClN2O2S2. The number of nitrogens with zero attached hydrogens (tertiary/aromatic N) is 1. The topological polar surface area (TPSA) is 63.4 Å². The van der Waals surface area contributed by atoms with Crippen molar-refractivity contribution in [2.75, 3.05) is 16.6 Å². The van der Waals surface area contributed by atoms with Crippen LogP contribution < -0.4 is 10.0 Å². The van der Waals surface area contributed by atoms with Gasteiger partial charge in [-0.25, -0.2) is 8.42 Å². The van der Waals surface area contributed by atoms with Crippen LogP contribution in [0, 0.1) is 6.92 Å². The number of rotatable bonds is 2. The number of halogens is 1. The van der Waals surface area contributed by atoms with Crippen molar-refractivity contribution in [3.8, 4) is 0 Å². The van der Waals surface area contributed by atoms with Gasteiger partial charge in [0.15, 0.2) is 0 Å². The lowest BCUT2D eigenvalue weighted by molar-refractivity contribution is 0.588. The summed E-state index contributed by atoms with van der Waals surface area (Å²) in [5.41, 5.74) is 8.31. The van der Waals surface area contributed by atoms with Crippen molar-refractivity contribution < 1.29 is 8.42 Å². The van der Waals surface area contributed by atoms with Crippen LogP contribution in [0.15, 0.2) is 34.5 Å². The Balaban J connectivity index is 0.00000161. The highest BCUT2D eigenvalue weighted by molar-refractivity contribution is 7.94. The molecule has 0 saturated carbocycles. The van der Waals surface area contributed by atoms with Crippen molar-refractivity contribution in [1.29, 1.82) is 0 Å². The standard InChI is InChI=1S/C14H16N2O2S2.ClH/c1-10-7-8-14(19-10)20(17,18)16-9-3-4-11-12(15)5-2-6-13(11)16;/h2,5-8H,3-4,9,15H2,1H3;1H. The Labute approximate surface area is 135 Å². The third-order valence-electron chi connectivity index (χ3n) is 3.50. The highest BCUT2D eigenvalue weighted by atomic mass is 35.5. The molecule has 4 nitrogen and oxygen atoms in total. The zero-order chi connectivity index (χ0) is 14.3. The molecule has 114 valence electrons. The van der Waals surface area contributed by atoms with E-state index in [-0.39, 0.29) is 12.4 Å². The van der Waals surface area contributed by atoms with Gasteiger partial charge in [0.25, 0.3) is 10.0 Å². The van der Waals surface area contributed by atoms with E-state index in [9.17, 15) is 8.42 Å². The number of thiophene rings is 1. The molecule has 2 aromatic rings. The number of fused-ring (bicyclic) bond motifs is 1. The Morgan fingerprint density at radius 1 is 1.24 bits per heavy atom. The fourth-order valence-corrected chi connectivity index (χ4v) is 5.46. The van der Waals surface area contributed by atoms with E-state index >= 15 is 0 Å². The lowest BCUT2D eigenvalue weighted by atomic mass is 10.0. The third-order valence-corrected chi connectivity index (χ3v) is 6.79. The summed E-state index contributed by atoms with van der Waals surface area (Å²) in [5, 5.41) is 0. The van der Waals surface area contributed by atoms with Crippen molar-refractivity contribution in [2.24, 2.45) is 0 Å². The maximum atomic E-state index is 12.8. The van der Waals surface area contributed by atoms with Crippen LogP contribution in [0.25, 0.3) is 0 Å². The van der Waals surface area contributed by atoms with E-state index in [1.54, 1.807) is 6.07 Å². The van der Waals surface area contributed by atoms with E-state index in [2.05, 4.69) is 0 Å². The molecule has 1 aliphatic rings. The minimum Gasteiger partial charge on any atom is -0.398 e. The molecule has 3 rings (SSSR count). The van der Waals surface area contributed by atoms with E-state index in [0.29, 0.717) is 16.4 Å². The number of nitrogens with two attached hydrogens (primary N) is 1. The smallest absolute Gasteiger partial charge is 0.273 e. The summed E-state index contributed by atoms with van der Waals surface area (Å²) in [7, 11) is -3.48. The molecule has 2 heterocycles. The molecule has 1 aromatic carbocycles. The zero-order valence-electron chi connectivity index (χ0n) is 11.6. The first-order valence-electron chi connectivity index (χ1n) is 6.47. The fraction of sp³-hybridized carbons (Fsp3) is 0.286. The Kier molecular flexibility index (Phi) is 4.51. The number of sulfonamides is 1. The minimum atomic E-state index is -3.48. The van der Waals surface area contributed by atoms with Gasteiger partial charge in [-0.15, -0.1) is 23.7 Å². The van der Waals surface area contributed by atoms with Crippen molar-refractivity contribution in [1.82, 2.24) is 0 Å². The average molecular weight is 345 g/mol. The molecular weight excluding hydrogens is 328 g/mol. The molecule has 0 bridgehead atoms. The number of aryl methyl sites for hydroxylation is 1. The van der Waals surface area contributed by atoms with Crippen LogP contribution in [0.1, 0.15) is 16.9 Å². The summed E-state index contributed by atoms with van der Waals surface area (Å²) in [5.74, 6) is 0. The Morgan fingerprint density at radius 3 is 2.67 bits per heavy atom. The number of nitrogen functional groups attached to an aromatic ring is 1. The van der Waals surface area contributed by atoms with Gasteiger partial charge < -0.3 is 5.73 Å². The molecule has 0 saturated heterocycles. The lowest BCUT2D eigenvalue weighted by Gasteiger charge is -2.30. The molecule has 1 aliphatic heterocycles. The van der Waals surface area contributed by atoms with Gasteiger partial charge in [0.05, 0.1) is 5.69 Å². The summed E-state index contributed by atoms with van der Waals surface area (Å²) in [6.07, 6.45) is 1.63. The lowest BCUT2D eigenvalue weighted by Crippen LogP contribution is -2.35. The summed E-state index contributed by atoms with van der Waals surface area (Å²) in [6, 6.07) is 8.98. The van der Waals surface area contributed by atoms with Crippen LogP contribution in [0.4, 0.5) is 11.4 Å². The van der Waals surface area contributed by atoms with Gasteiger partial charge in [0.2, 0.25) is 0 Å². The molecule has 0 spiro atoms. The molecule has 0 aliphatic carbocycles. The summed E-state index contributed by atoms with van der Waals surface area (Å²) in [6.45, 7) is 2.42. The van der Waals surface area contributed by atoms with Gasteiger partial charge in [-0.2, -0.15) is 0 Å². The minimum absolute atomic E-state index is 0. The average Bonchev–Trinajstić information content (AvgIpc) is 2.86. The first kappa shape index (κ1) is 16.1. The maximum absolute atomic E-state index is 12.8. The summed E-state index contributed by atoms with van der Waals surface area (Å²) < 4.78 is 27.4. The van der Waals surface area contributed by atoms with Crippen LogP contribution in [0.3, 0.4) is 0 Å². The molecule has 0 radical (unpaired) electrons. The molecule has 21 heavy (non-hydrogen) atoms. The maximum Gasteiger partial charge on any atom is 0.273 e. The monoisotopic (exact) mass is 344 g/mol. The largest absolute Gasteiger partial charge is 0.398 e. The Bertz CT molecular complexity index is 756. The van der Waals surface area contributed by atoms with E-state index in [1.165, 1.54) is 15.6 Å². The van der Waals surface area contributed by atoms with Crippen LogP contribution >= 0.6 is 23.7 Å². The second-order valence-corrected chi connectivity index (χ2v) is 8.27. The normalized spacial score (nSPS) is 14.4. The van der Waals surface area contributed by atoms with Crippen molar-refractivity contribution in [2.45, 2.75) is 24.0 Å². The van der Waals surface area contributed by atoms with Gasteiger partial charge in [-0.1, -0.05) is 6.07 Å². The summed E-state index contributed by atoms with van der Waals surface area (Å²) in [4.78, 5) is 0.994. The van der Waals surface area contributed by atoms with Gasteiger partial charge >= 0.3 is 0 Å². The Hall–Kier alpha value is -1.24.